The number of alkyl halides is 1. The highest BCUT2D eigenvalue weighted by molar-refractivity contribution is 9.09. The first-order chi connectivity index (χ1) is 11.4. The fourth-order valence-electron chi connectivity index (χ4n) is 2.07. The van der Waals surface area contributed by atoms with Crippen LogP contribution in [0.4, 0.5) is 4.39 Å². The van der Waals surface area contributed by atoms with Crippen LogP contribution in [0.2, 0.25) is 0 Å². The van der Waals surface area contributed by atoms with Crippen LogP contribution in [0.1, 0.15) is 23.0 Å². The van der Waals surface area contributed by atoms with Crippen molar-refractivity contribution in [2.75, 3.05) is 5.52 Å². The zero-order valence-corrected chi connectivity index (χ0v) is 14.2. The van der Waals surface area contributed by atoms with Gasteiger partial charge in [-0.25, -0.2) is 14.2 Å². The van der Waals surface area contributed by atoms with E-state index in [4.69, 9.17) is 4.74 Å². The Labute approximate surface area is 145 Å². The maximum Gasteiger partial charge on any atom is 0.333 e. The average molecular weight is 397 g/mol. The first-order valence-corrected chi connectivity index (χ1v) is 7.97. The van der Waals surface area contributed by atoms with Crippen LogP contribution in [-0.4, -0.2) is 27.5 Å². The highest BCUT2D eigenvalue weighted by Gasteiger charge is 2.39. The van der Waals surface area contributed by atoms with E-state index in [2.05, 4.69) is 26.2 Å². The number of benzene rings is 1. The Bertz CT molecular complexity index is 771. The molecule has 0 aliphatic rings. The number of hydrogen-bond donors (Lipinski definition) is 2. The van der Waals surface area contributed by atoms with Gasteiger partial charge >= 0.3 is 5.97 Å². The summed E-state index contributed by atoms with van der Waals surface area (Å²) in [5, 5.41) is 11.8. The Balaban J connectivity index is 2.34. The van der Waals surface area contributed by atoms with Gasteiger partial charge in [-0.3, -0.25) is 4.79 Å². The fourth-order valence-corrected chi connectivity index (χ4v) is 2.31. The van der Waals surface area contributed by atoms with Crippen LogP contribution in [-0.2, 0) is 10.3 Å². The molecule has 0 aliphatic heterocycles. The number of pyridine rings is 1. The van der Waals surface area contributed by atoms with E-state index < -0.39 is 23.2 Å². The minimum Gasteiger partial charge on any atom is -0.479 e. The molecule has 2 rings (SSSR count). The maximum absolute atomic E-state index is 14.0. The zero-order valence-electron chi connectivity index (χ0n) is 12.6. The molecule has 6 nitrogen and oxygen atoms in total. The molecular weight excluding hydrogens is 383 g/mol. The molecule has 24 heavy (non-hydrogen) atoms. The van der Waals surface area contributed by atoms with Crippen molar-refractivity contribution in [3.05, 3.63) is 59.5 Å². The Kier molecular flexibility index (Phi) is 5.50. The third kappa shape index (κ3) is 3.70. The number of rotatable bonds is 6. The van der Waals surface area contributed by atoms with Gasteiger partial charge in [-0.2, -0.15) is 0 Å². The van der Waals surface area contributed by atoms with E-state index in [9.17, 15) is 19.1 Å². The number of ether oxygens (including phenoxy) is 1. The molecule has 0 saturated carbocycles. The smallest absolute Gasteiger partial charge is 0.333 e. The zero-order chi connectivity index (χ0) is 17.7. The average Bonchev–Trinajstić information content (AvgIpc) is 2.55. The number of carboxylic acid groups (broad SMARTS) is 1. The number of aromatic nitrogens is 1. The highest BCUT2D eigenvalue weighted by atomic mass is 79.9. The van der Waals surface area contributed by atoms with Gasteiger partial charge in [0.25, 0.3) is 5.91 Å². The lowest BCUT2D eigenvalue weighted by atomic mass is 9.91. The molecule has 8 heteroatoms. The number of hydrogen-bond acceptors (Lipinski definition) is 4. The van der Waals surface area contributed by atoms with E-state index in [-0.39, 0.29) is 22.7 Å². The van der Waals surface area contributed by atoms with E-state index >= 15 is 0 Å². The maximum atomic E-state index is 14.0. The Morgan fingerprint density at radius 2 is 2.00 bits per heavy atom. The van der Waals surface area contributed by atoms with Crippen molar-refractivity contribution in [3.8, 4) is 5.88 Å². The number of amides is 1. The SMILES string of the molecule is C[C@@](NC(=O)c1cccc(OCBr)n1)(C(=O)O)c1ccccc1F. The molecule has 0 saturated heterocycles. The molecule has 1 aromatic heterocycles. The Morgan fingerprint density at radius 3 is 2.62 bits per heavy atom. The third-order valence-corrected chi connectivity index (χ3v) is 3.59. The molecule has 1 amide bonds. The van der Waals surface area contributed by atoms with Crippen molar-refractivity contribution < 1.29 is 23.8 Å². The first kappa shape index (κ1) is 17.9. The molecular formula is C16H14BrFN2O4. The number of nitrogens with one attached hydrogen (secondary N) is 1. The molecule has 2 N–H and O–H groups in total. The summed E-state index contributed by atoms with van der Waals surface area (Å²) in [7, 11) is 0. The van der Waals surface area contributed by atoms with Gasteiger partial charge in [0.15, 0.2) is 5.54 Å². The monoisotopic (exact) mass is 396 g/mol. The first-order valence-electron chi connectivity index (χ1n) is 6.85. The minimum absolute atomic E-state index is 0.0442. The molecule has 126 valence electrons. The van der Waals surface area contributed by atoms with Crippen molar-refractivity contribution in [3.63, 3.8) is 0 Å². The normalized spacial score (nSPS) is 13.0. The van der Waals surface area contributed by atoms with Crippen molar-refractivity contribution in [2.45, 2.75) is 12.5 Å². The fraction of sp³-hybridized carbons (Fsp3) is 0.188. The number of carbonyl (C=O) groups excluding carboxylic acids is 1. The van der Waals surface area contributed by atoms with Gasteiger partial charge in [0.05, 0.1) is 0 Å². The molecule has 1 heterocycles. The molecule has 0 spiro atoms. The number of nitrogens with zero attached hydrogens (tertiary/aromatic N) is 1. The van der Waals surface area contributed by atoms with E-state index in [0.717, 1.165) is 6.07 Å². The van der Waals surface area contributed by atoms with Gasteiger partial charge < -0.3 is 15.2 Å². The summed E-state index contributed by atoms with van der Waals surface area (Å²) in [5.74, 6) is -2.69. The van der Waals surface area contributed by atoms with Gasteiger partial charge in [-0.05, 0) is 35.0 Å². The quantitative estimate of drug-likeness (QED) is 0.732. The second-order valence-corrected chi connectivity index (χ2v) is 5.44. The lowest BCUT2D eigenvalue weighted by molar-refractivity contribution is -0.144. The van der Waals surface area contributed by atoms with Crippen LogP contribution in [0.3, 0.4) is 0 Å². The summed E-state index contributed by atoms with van der Waals surface area (Å²) in [6.45, 7) is 1.21. The summed E-state index contributed by atoms with van der Waals surface area (Å²) in [6.07, 6.45) is 0. The molecule has 0 bridgehead atoms. The van der Waals surface area contributed by atoms with Crippen LogP contribution in [0, 0.1) is 5.82 Å². The molecule has 0 fully saturated rings. The lowest BCUT2D eigenvalue weighted by Gasteiger charge is -2.27. The molecule has 0 unspecified atom stereocenters. The predicted molar refractivity (Wildman–Crippen MR) is 87.5 cm³/mol. The van der Waals surface area contributed by atoms with Crippen molar-refractivity contribution >= 4 is 27.8 Å². The van der Waals surface area contributed by atoms with Crippen molar-refractivity contribution in [2.24, 2.45) is 0 Å². The van der Waals surface area contributed by atoms with Crippen LogP contribution >= 0.6 is 15.9 Å². The lowest BCUT2D eigenvalue weighted by Crippen LogP contribution is -2.50. The van der Waals surface area contributed by atoms with Gasteiger partial charge in [0.2, 0.25) is 5.88 Å². The van der Waals surface area contributed by atoms with Gasteiger partial charge in [0.1, 0.15) is 17.0 Å². The van der Waals surface area contributed by atoms with E-state index in [1.807, 2.05) is 0 Å². The van der Waals surface area contributed by atoms with Crippen LogP contribution in [0.15, 0.2) is 42.5 Å². The standard InChI is InChI=1S/C16H14BrFN2O4/c1-16(15(22)23,10-5-2-3-6-11(10)18)20-14(21)12-7-4-8-13(19-12)24-9-17/h2-8H,9H2,1H3,(H,20,21)(H,22,23)/t16-/m0/s1. The molecule has 1 atom stereocenters. The van der Waals surface area contributed by atoms with Gasteiger partial charge in [-0.1, -0.05) is 24.3 Å². The summed E-state index contributed by atoms with van der Waals surface area (Å²) in [5.41, 5.74) is -1.96. The third-order valence-electron chi connectivity index (χ3n) is 3.36. The number of carbonyl (C=O) groups is 2. The van der Waals surface area contributed by atoms with Crippen molar-refractivity contribution in [1.29, 1.82) is 0 Å². The molecule has 0 aliphatic carbocycles. The number of halogens is 2. The largest absolute Gasteiger partial charge is 0.479 e. The number of carboxylic acids is 1. The second kappa shape index (κ2) is 7.39. The minimum atomic E-state index is -1.95. The summed E-state index contributed by atoms with van der Waals surface area (Å²) >= 11 is 3.07. The Hall–Kier alpha value is -2.48. The van der Waals surface area contributed by atoms with Crippen LogP contribution in [0.5, 0.6) is 5.88 Å². The summed E-state index contributed by atoms with van der Waals surface area (Å²) in [6, 6.07) is 9.86. The van der Waals surface area contributed by atoms with Crippen LogP contribution in [0.25, 0.3) is 0 Å². The highest BCUT2D eigenvalue weighted by Crippen LogP contribution is 2.24. The Morgan fingerprint density at radius 1 is 1.29 bits per heavy atom. The predicted octanol–water partition coefficient (Wildman–Crippen LogP) is 2.68. The molecule has 2 aromatic rings. The van der Waals surface area contributed by atoms with E-state index in [0.29, 0.717) is 0 Å². The summed E-state index contributed by atoms with van der Waals surface area (Å²) in [4.78, 5) is 28.0. The molecule has 1 aromatic carbocycles. The van der Waals surface area contributed by atoms with Crippen LogP contribution < -0.4 is 10.1 Å². The van der Waals surface area contributed by atoms with Crippen molar-refractivity contribution in [1.82, 2.24) is 10.3 Å². The van der Waals surface area contributed by atoms with Gasteiger partial charge in [0, 0.05) is 11.6 Å². The molecule has 0 radical (unpaired) electrons. The summed E-state index contributed by atoms with van der Waals surface area (Å²) < 4.78 is 19.1. The van der Waals surface area contributed by atoms with Gasteiger partial charge in [-0.15, -0.1) is 0 Å². The number of aliphatic carboxylic acids is 1. The second-order valence-electron chi connectivity index (χ2n) is 4.98. The van der Waals surface area contributed by atoms with E-state index in [1.54, 1.807) is 12.1 Å². The topological polar surface area (TPSA) is 88.5 Å². The van der Waals surface area contributed by atoms with E-state index in [1.165, 1.54) is 31.2 Å².